The molecule has 32 heavy (non-hydrogen) atoms. The number of esters is 2. The second-order valence-electron chi connectivity index (χ2n) is 7.84. The van der Waals surface area contributed by atoms with Crippen LogP contribution in [0.3, 0.4) is 0 Å². The van der Waals surface area contributed by atoms with E-state index in [4.69, 9.17) is 14.2 Å². The van der Waals surface area contributed by atoms with Crippen LogP contribution < -0.4 is 15.0 Å². The van der Waals surface area contributed by atoms with Crippen molar-refractivity contribution in [3.63, 3.8) is 0 Å². The summed E-state index contributed by atoms with van der Waals surface area (Å²) < 4.78 is 15.9. The smallest absolute Gasteiger partial charge is 0.344 e. The molecule has 1 aliphatic heterocycles. The molecule has 0 spiro atoms. The molecule has 0 saturated carbocycles. The number of nitrogens with zero attached hydrogens (tertiary/aromatic N) is 2. The Hall–Kier alpha value is -3.13. The fourth-order valence-electron chi connectivity index (χ4n) is 3.59. The summed E-state index contributed by atoms with van der Waals surface area (Å²) in [5, 5.41) is 3.55. The zero-order valence-corrected chi connectivity index (χ0v) is 18.9. The molecular formula is C24H31N3O5. The number of ether oxygens (including phenoxy) is 3. The number of carbonyl (C=O) groups is 2. The average molecular weight is 442 g/mol. The van der Waals surface area contributed by atoms with E-state index in [2.05, 4.69) is 15.2 Å². The summed E-state index contributed by atoms with van der Waals surface area (Å²) in [6.45, 7) is 7.76. The largest absolute Gasteiger partial charge is 0.482 e. The van der Waals surface area contributed by atoms with Crippen LogP contribution in [0.15, 0.2) is 42.6 Å². The lowest BCUT2D eigenvalue weighted by molar-refractivity contribution is -0.145. The van der Waals surface area contributed by atoms with Gasteiger partial charge >= 0.3 is 11.9 Å². The molecule has 8 nitrogen and oxygen atoms in total. The zero-order valence-electron chi connectivity index (χ0n) is 18.9. The van der Waals surface area contributed by atoms with Gasteiger partial charge in [0.1, 0.15) is 17.1 Å². The van der Waals surface area contributed by atoms with Crippen molar-refractivity contribution in [2.75, 3.05) is 31.2 Å². The summed E-state index contributed by atoms with van der Waals surface area (Å²) in [5.41, 5.74) is 1.45. The molecule has 1 atom stereocenters. The van der Waals surface area contributed by atoms with E-state index < -0.39 is 0 Å². The van der Waals surface area contributed by atoms with Gasteiger partial charge in [-0.15, -0.1) is 0 Å². The molecule has 0 radical (unpaired) electrons. The highest BCUT2D eigenvalue weighted by Gasteiger charge is 2.27. The number of hydrogen-bond donors (Lipinski definition) is 1. The molecule has 3 rings (SSSR count). The molecule has 0 amide bonds. The number of aromatic nitrogens is 1. The van der Waals surface area contributed by atoms with E-state index in [-0.39, 0.29) is 30.7 Å². The Balaban J connectivity index is 1.58. The SMILES string of the molecule is CCOC(=O)COc1ccccc1CNC1CCN(c2ncccc2C(=O)OC(C)C)C1. The van der Waals surface area contributed by atoms with E-state index in [0.29, 0.717) is 30.3 Å². The van der Waals surface area contributed by atoms with Crippen LogP contribution >= 0.6 is 0 Å². The molecule has 1 N–H and O–H groups in total. The van der Waals surface area contributed by atoms with Crippen LogP contribution in [0.5, 0.6) is 5.75 Å². The molecule has 1 fully saturated rings. The maximum absolute atomic E-state index is 12.5. The minimum absolute atomic E-state index is 0.114. The van der Waals surface area contributed by atoms with Gasteiger partial charge in [0.05, 0.1) is 12.7 Å². The van der Waals surface area contributed by atoms with Crippen LogP contribution in [0.25, 0.3) is 0 Å². The van der Waals surface area contributed by atoms with Crippen LogP contribution in [0.4, 0.5) is 5.82 Å². The molecule has 1 aromatic heterocycles. The fourth-order valence-corrected chi connectivity index (χ4v) is 3.59. The fraction of sp³-hybridized carbons (Fsp3) is 0.458. The Morgan fingerprint density at radius 3 is 2.81 bits per heavy atom. The van der Waals surface area contributed by atoms with Crippen molar-refractivity contribution in [1.29, 1.82) is 0 Å². The lowest BCUT2D eigenvalue weighted by Gasteiger charge is -2.21. The lowest BCUT2D eigenvalue weighted by atomic mass is 10.2. The van der Waals surface area contributed by atoms with Gasteiger partial charge in [0.15, 0.2) is 6.61 Å². The quantitative estimate of drug-likeness (QED) is 0.563. The minimum Gasteiger partial charge on any atom is -0.482 e. The number of rotatable bonds is 10. The predicted octanol–water partition coefficient (Wildman–Crippen LogP) is 2.96. The van der Waals surface area contributed by atoms with E-state index in [1.54, 1.807) is 25.3 Å². The maximum atomic E-state index is 12.5. The van der Waals surface area contributed by atoms with Gasteiger partial charge in [0, 0.05) is 37.4 Å². The van der Waals surface area contributed by atoms with Crippen LogP contribution in [-0.2, 0) is 20.8 Å². The van der Waals surface area contributed by atoms with Crippen molar-refractivity contribution in [2.45, 2.75) is 45.9 Å². The van der Waals surface area contributed by atoms with Gasteiger partial charge in [-0.05, 0) is 45.4 Å². The zero-order chi connectivity index (χ0) is 22.9. The molecule has 0 aliphatic carbocycles. The molecule has 1 aliphatic rings. The second-order valence-corrected chi connectivity index (χ2v) is 7.84. The molecule has 8 heteroatoms. The van der Waals surface area contributed by atoms with Crippen molar-refractivity contribution in [3.05, 3.63) is 53.7 Å². The Morgan fingerprint density at radius 2 is 2.03 bits per heavy atom. The maximum Gasteiger partial charge on any atom is 0.344 e. The number of pyridine rings is 1. The summed E-state index contributed by atoms with van der Waals surface area (Å²) in [4.78, 5) is 30.6. The lowest BCUT2D eigenvalue weighted by Crippen LogP contribution is -2.33. The van der Waals surface area contributed by atoms with Gasteiger partial charge in [-0.2, -0.15) is 0 Å². The monoisotopic (exact) mass is 441 g/mol. The van der Waals surface area contributed by atoms with Crippen molar-refractivity contribution in [3.8, 4) is 5.75 Å². The van der Waals surface area contributed by atoms with Crippen LogP contribution in [0.2, 0.25) is 0 Å². The number of carbonyl (C=O) groups excluding carboxylic acids is 2. The predicted molar refractivity (Wildman–Crippen MR) is 121 cm³/mol. The van der Waals surface area contributed by atoms with Gasteiger partial charge in [-0.1, -0.05) is 18.2 Å². The summed E-state index contributed by atoms with van der Waals surface area (Å²) in [6.07, 6.45) is 2.43. The van der Waals surface area contributed by atoms with Crippen LogP contribution in [-0.4, -0.2) is 55.4 Å². The number of nitrogens with one attached hydrogen (secondary N) is 1. The third kappa shape index (κ3) is 6.43. The van der Waals surface area contributed by atoms with Gasteiger partial charge in [-0.25, -0.2) is 14.6 Å². The summed E-state index contributed by atoms with van der Waals surface area (Å²) in [5.74, 6) is 0.572. The Labute approximate surface area is 188 Å². The first-order chi connectivity index (χ1) is 15.5. The number of anilines is 1. The van der Waals surface area contributed by atoms with E-state index in [1.807, 2.05) is 38.1 Å². The molecule has 0 bridgehead atoms. The topological polar surface area (TPSA) is 90.0 Å². The van der Waals surface area contributed by atoms with E-state index >= 15 is 0 Å². The molecule has 1 saturated heterocycles. The van der Waals surface area contributed by atoms with Crippen molar-refractivity contribution in [1.82, 2.24) is 10.3 Å². The van der Waals surface area contributed by atoms with Gasteiger partial charge < -0.3 is 24.4 Å². The highest BCUT2D eigenvalue weighted by molar-refractivity contribution is 5.95. The van der Waals surface area contributed by atoms with E-state index in [9.17, 15) is 9.59 Å². The number of hydrogen-bond acceptors (Lipinski definition) is 8. The molecule has 1 unspecified atom stereocenters. The summed E-state index contributed by atoms with van der Waals surface area (Å²) in [7, 11) is 0. The van der Waals surface area contributed by atoms with E-state index in [0.717, 1.165) is 25.1 Å². The molecule has 2 heterocycles. The standard InChI is InChI=1S/C24H31N3O5/c1-4-30-22(28)16-31-21-10-6-5-8-18(21)14-26-19-11-13-27(15-19)23-20(9-7-12-25-23)24(29)32-17(2)3/h5-10,12,17,19,26H,4,11,13-16H2,1-3H3. The molecule has 172 valence electrons. The normalized spacial score (nSPS) is 15.6. The van der Waals surface area contributed by atoms with Crippen LogP contribution in [0.1, 0.15) is 43.1 Å². The van der Waals surface area contributed by atoms with Gasteiger partial charge in [-0.3, -0.25) is 0 Å². The Morgan fingerprint density at radius 1 is 1.22 bits per heavy atom. The number of para-hydroxylation sites is 1. The average Bonchev–Trinajstić information content (AvgIpc) is 3.25. The van der Waals surface area contributed by atoms with Crippen LogP contribution in [0, 0.1) is 0 Å². The van der Waals surface area contributed by atoms with Crippen molar-refractivity contribution < 1.29 is 23.8 Å². The third-order valence-electron chi connectivity index (χ3n) is 5.04. The van der Waals surface area contributed by atoms with Gasteiger partial charge in [0.25, 0.3) is 0 Å². The minimum atomic E-state index is -0.385. The Bertz CT molecular complexity index is 918. The molecule has 2 aromatic rings. The highest BCUT2D eigenvalue weighted by Crippen LogP contribution is 2.24. The first-order valence-electron chi connectivity index (χ1n) is 11.0. The highest BCUT2D eigenvalue weighted by atomic mass is 16.6. The molecule has 1 aromatic carbocycles. The number of benzene rings is 1. The first-order valence-corrected chi connectivity index (χ1v) is 11.0. The Kier molecular flexibility index (Phi) is 8.44. The first kappa shape index (κ1) is 23.5. The van der Waals surface area contributed by atoms with Crippen molar-refractivity contribution >= 4 is 17.8 Å². The van der Waals surface area contributed by atoms with Crippen molar-refractivity contribution in [2.24, 2.45) is 0 Å². The summed E-state index contributed by atoms with van der Waals surface area (Å²) in [6, 6.07) is 11.4. The second kappa shape index (κ2) is 11.5. The van der Waals surface area contributed by atoms with Gasteiger partial charge in [0.2, 0.25) is 0 Å². The molecular weight excluding hydrogens is 410 g/mol. The summed E-state index contributed by atoms with van der Waals surface area (Å²) >= 11 is 0. The van der Waals surface area contributed by atoms with E-state index in [1.165, 1.54) is 0 Å². The third-order valence-corrected chi connectivity index (χ3v) is 5.04.